The molecule has 0 amide bonds. The normalized spacial score (nSPS) is 16.8. The van der Waals surface area contributed by atoms with Gasteiger partial charge in [0, 0.05) is 136 Å². The predicted octanol–water partition coefficient (Wildman–Crippen LogP) is 20.8. The Bertz CT molecular complexity index is 8880. The maximum absolute atomic E-state index is 14.3. The van der Waals surface area contributed by atoms with Crippen LogP contribution in [0.3, 0.4) is 0 Å². The molecule has 7 aromatic carbocycles. The molecule has 0 bridgehead atoms. The number of aromatic nitrogens is 17. The predicted molar refractivity (Wildman–Crippen MR) is 591 cm³/mol. The molecule has 6 aliphatic rings. The second-order valence-corrected chi connectivity index (χ2v) is 39.4. The molecule has 0 fully saturated rings. The summed E-state index contributed by atoms with van der Waals surface area (Å²) in [6, 6.07) is 72.4. The standard InChI is InChI=1S/C21H18FN3O.4C21H19N3O.C21H20N2O/c1-21(22)10-9-19-24-18-14-15(5-7-16-4-2-3-12-23-16)6-8-17(18)20(26)25(19)13-11-21;1-15-6-3-5-13-24-20(15)23-19-14-16(9-11-18(19)21(24)25)8-10-17-7-2-4-12-22-17;1-15-5-4-12-24-20(13-15)23-19-14-16(8-10-18(19)21(24)25)7-9-17-6-2-3-11-22-17;1-15-6-2-3-8-20-23-19-14-16(9-11-17-7-4-5-13-22-17)10-12-18(19)21(25)24(15)20;1-15-5-10-20-23-19-14-16(6-8-17-4-2-3-12-22-17)7-9-18(19)21(25)24(20)13-11-15;24-21-18-13-12-17(11-10-16-7-3-1-4-8-16)15-19(18)22-20-9-5-2-6-14-23(20)21/h2-4,6,8,12,14H,9-11,13H2,1H3;2,4,7,9,11-12,14-15H,3,5-6,13H2,1H3;2-3,6,8,10-11,14-15H,4-5,12-13H2,1H3;4-5,7,10,12-15H,2-3,6,8H2,1H3;2-4,7,9,12,14-15H,5,10-11,13H2,1H3;1,3-4,7-8,10-13,15H,2,5-6,9,14H2/b;;;;;11-10+. The third-order valence-electron chi connectivity index (χ3n) is 28.1. The summed E-state index contributed by atoms with van der Waals surface area (Å²) < 4.78 is 25.3. The highest BCUT2D eigenvalue weighted by Gasteiger charge is 2.30. The van der Waals surface area contributed by atoms with Crippen molar-refractivity contribution in [3.8, 4) is 59.2 Å². The molecule has 24 heteroatoms. The molecule has 11 aromatic heterocycles. The molecule has 24 rings (SSSR count). The van der Waals surface area contributed by atoms with Gasteiger partial charge in [0.15, 0.2) is 0 Å². The molecular formula is C126H114FN17O6. The van der Waals surface area contributed by atoms with Crippen molar-refractivity contribution in [3.63, 3.8) is 0 Å². The Kier molecular flexibility index (Phi) is 32.0. The smallest absolute Gasteiger partial charge is 0.261 e. The van der Waals surface area contributed by atoms with Crippen molar-refractivity contribution in [3.05, 3.63) is 426 Å². The zero-order valence-corrected chi connectivity index (χ0v) is 84.9. The monoisotopic (exact) mass is 1980 g/mol. The van der Waals surface area contributed by atoms with Crippen molar-refractivity contribution in [1.29, 1.82) is 0 Å². The van der Waals surface area contributed by atoms with E-state index in [0.29, 0.717) is 87.5 Å². The highest BCUT2D eigenvalue weighted by molar-refractivity contribution is 5.85. The van der Waals surface area contributed by atoms with Gasteiger partial charge in [-0.1, -0.05) is 149 Å². The number of alkyl halides is 1. The van der Waals surface area contributed by atoms with E-state index in [-0.39, 0.29) is 39.4 Å². The van der Waals surface area contributed by atoms with E-state index in [0.717, 1.165) is 253 Å². The summed E-state index contributed by atoms with van der Waals surface area (Å²) in [4.78, 5) is 126. The first-order valence-corrected chi connectivity index (χ1v) is 52.0. The first kappa shape index (κ1) is 101. The van der Waals surface area contributed by atoms with E-state index in [2.05, 4.69) is 141 Å². The molecule has 746 valence electrons. The first-order chi connectivity index (χ1) is 73.2. The van der Waals surface area contributed by atoms with Crippen LogP contribution in [0.5, 0.6) is 0 Å². The molecule has 18 aromatic rings. The van der Waals surface area contributed by atoms with Crippen LogP contribution in [0.2, 0.25) is 0 Å². The fourth-order valence-corrected chi connectivity index (χ4v) is 19.7. The van der Waals surface area contributed by atoms with Gasteiger partial charge in [-0.15, -0.1) is 0 Å². The van der Waals surface area contributed by atoms with Gasteiger partial charge in [-0.25, -0.2) is 59.2 Å². The summed E-state index contributed by atoms with van der Waals surface area (Å²) in [5.41, 5.74) is 13.3. The van der Waals surface area contributed by atoms with E-state index >= 15 is 0 Å². The number of benzene rings is 7. The quantitative estimate of drug-likeness (QED) is 0.115. The van der Waals surface area contributed by atoms with Gasteiger partial charge in [0.25, 0.3) is 33.4 Å². The van der Waals surface area contributed by atoms with Gasteiger partial charge < -0.3 is 0 Å². The van der Waals surface area contributed by atoms with Crippen LogP contribution in [-0.2, 0) is 64.8 Å². The Balaban J connectivity index is 0.000000113. The Hall–Kier alpha value is -17.4. The molecule has 150 heavy (non-hydrogen) atoms. The van der Waals surface area contributed by atoms with Gasteiger partial charge in [-0.3, -0.25) is 56.2 Å². The zero-order valence-electron chi connectivity index (χ0n) is 84.9. The zero-order chi connectivity index (χ0) is 103. The minimum atomic E-state index is -1.26. The van der Waals surface area contributed by atoms with E-state index in [4.69, 9.17) is 24.9 Å². The Morgan fingerprint density at radius 2 is 0.667 bits per heavy atom. The SMILES string of the molecule is CC1(F)CCc2nc3cc(C#Cc4ccccn4)ccc3c(=O)n2CC1.CC1CCCCc2nc3cc(C#Cc4ccccn4)ccc3c(=O)n21.CC1CCCCn2c1nc1cc(C#Cc3ccccn3)ccc1c2=O.CC1CCCn2c(nc3cc(C#Cc4ccccn4)ccc3c2=O)C1.CC1CCc2nc3cc(C#Cc4ccccn4)ccc3c(=O)n2CC1.O=c1c2ccc(/C=C/c3ccccc3)cc2nc2n1CCCCC2. The number of aryl methyl sites for hydroxylation is 4. The molecule has 0 N–H and O–H groups in total. The molecule has 0 saturated heterocycles. The second-order valence-electron chi connectivity index (χ2n) is 39.4. The molecule has 23 nitrogen and oxygen atoms in total. The van der Waals surface area contributed by atoms with Gasteiger partial charge in [-0.2, -0.15) is 0 Å². The highest BCUT2D eigenvalue weighted by atomic mass is 19.1. The van der Waals surface area contributed by atoms with Crippen molar-refractivity contribution < 1.29 is 4.39 Å². The molecular weight excluding hydrogens is 1870 g/mol. The lowest BCUT2D eigenvalue weighted by atomic mass is 10.00. The Labute approximate surface area is 869 Å². The van der Waals surface area contributed by atoms with Crippen molar-refractivity contribution in [1.82, 2.24) is 82.2 Å². The number of fused-ring (bicyclic) bond motifs is 12. The first-order valence-electron chi connectivity index (χ1n) is 52.0. The lowest BCUT2D eigenvalue weighted by Crippen LogP contribution is -2.27. The Morgan fingerprint density at radius 1 is 0.293 bits per heavy atom. The van der Waals surface area contributed by atoms with Crippen LogP contribution in [0, 0.1) is 71.0 Å². The molecule has 0 spiro atoms. The number of hydrogen-bond donors (Lipinski definition) is 0. The fraction of sp³-hybridized carbons (Fsp3) is 0.278. The highest BCUT2D eigenvalue weighted by Crippen LogP contribution is 2.31. The number of halogens is 1. The van der Waals surface area contributed by atoms with Gasteiger partial charge in [-0.05, 0) is 307 Å². The van der Waals surface area contributed by atoms with Crippen LogP contribution in [0.15, 0.2) is 290 Å². The van der Waals surface area contributed by atoms with E-state index in [1.807, 2.05) is 235 Å². The lowest BCUT2D eigenvalue weighted by Gasteiger charge is -2.16. The number of rotatable bonds is 2. The average Bonchev–Trinajstić information content (AvgIpc) is 1.30. The molecule has 5 atom stereocenters. The summed E-state index contributed by atoms with van der Waals surface area (Å²) in [6.07, 6.45) is 31.6. The van der Waals surface area contributed by atoms with Gasteiger partial charge >= 0.3 is 0 Å². The molecule has 0 radical (unpaired) electrons. The summed E-state index contributed by atoms with van der Waals surface area (Å²) in [5.74, 6) is 37.4. The minimum Gasteiger partial charge on any atom is -0.296 e. The van der Waals surface area contributed by atoms with Crippen molar-refractivity contribution in [2.75, 3.05) is 0 Å². The average molecular weight is 1980 g/mol. The van der Waals surface area contributed by atoms with Gasteiger partial charge in [0.05, 0.1) is 65.4 Å². The van der Waals surface area contributed by atoms with Crippen LogP contribution in [0.1, 0.15) is 245 Å². The summed E-state index contributed by atoms with van der Waals surface area (Å²) in [5, 5.41) is 3.93. The van der Waals surface area contributed by atoms with E-state index in [1.165, 1.54) is 6.42 Å². The molecule has 0 saturated carbocycles. The van der Waals surface area contributed by atoms with Crippen molar-refractivity contribution >= 4 is 77.6 Å². The molecule has 17 heterocycles. The summed E-state index contributed by atoms with van der Waals surface area (Å²) in [7, 11) is 0. The molecule has 5 unspecified atom stereocenters. The van der Waals surface area contributed by atoms with Gasteiger partial charge in [0.2, 0.25) is 0 Å². The number of pyridine rings is 5. The van der Waals surface area contributed by atoms with Crippen molar-refractivity contribution in [2.45, 2.75) is 213 Å². The van der Waals surface area contributed by atoms with Crippen LogP contribution in [0.4, 0.5) is 4.39 Å². The Morgan fingerprint density at radius 3 is 1.16 bits per heavy atom. The van der Waals surface area contributed by atoms with E-state index < -0.39 is 5.67 Å². The minimum absolute atomic E-state index is 0.0676. The fourth-order valence-electron chi connectivity index (χ4n) is 19.7. The van der Waals surface area contributed by atoms with Crippen molar-refractivity contribution in [2.24, 2.45) is 11.8 Å². The number of hydrogen-bond acceptors (Lipinski definition) is 17. The maximum Gasteiger partial charge on any atom is 0.261 e. The third-order valence-corrected chi connectivity index (χ3v) is 28.1. The largest absolute Gasteiger partial charge is 0.296 e. The van der Waals surface area contributed by atoms with Crippen LogP contribution < -0.4 is 33.4 Å². The van der Waals surface area contributed by atoms with E-state index in [1.54, 1.807) is 48.5 Å². The maximum atomic E-state index is 14.3. The second kappa shape index (κ2) is 47.4. The summed E-state index contributed by atoms with van der Waals surface area (Å²) >= 11 is 0. The van der Waals surface area contributed by atoms with Crippen LogP contribution in [-0.4, -0.2) is 87.9 Å². The van der Waals surface area contributed by atoms with Crippen LogP contribution >= 0.6 is 0 Å². The van der Waals surface area contributed by atoms with Gasteiger partial charge in [0.1, 0.15) is 69.1 Å². The molecule has 0 aliphatic carbocycles. The summed E-state index contributed by atoms with van der Waals surface area (Å²) in [6.45, 7) is 13.8. The van der Waals surface area contributed by atoms with Crippen LogP contribution in [0.25, 0.3) is 77.6 Å². The molecule has 6 aliphatic heterocycles. The third kappa shape index (κ3) is 24.9. The number of nitrogens with zero attached hydrogens (tertiary/aromatic N) is 17. The van der Waals surface area contributed by atoms with E-state index in [9.17, 15) is 33.2 Å². The topological polar surface area (TPSA) is 274 Å². The lowest BCUT2D eigenvalue weighted by molar-refractivity contribution is 0.162.